The largest absolute Gasteiger partial charge is 0.307 e. The predicted molar refractivity (Wildman–Crippen MR) is 151 cm³/mol. The molecule has 0 aromatic heterocycles. The van der Waals surface area contributed by atoms with Crippen LogP contribution in [-0.4, -0.2) is 70.2 Å². The molecular weight excluding hydrogens is 416 g/mol. The molecule has 2 saturated heterocycles. The smallest absolute Gasteiger partial charge is 0.0145 e. The zero-order valence-electron chi connectivity index (χ0n) is 24.9. The van der Waals surface area contributed by atoms with Crippen molar-refractivity contribution in [2.24, 2.45) is 0 Å². The van der Waals surface area contributed by atoms with Gasteiger partial charge in [-0.25, -0.2) is 0 Å². The van der Waals surface area contributed by atoms with Gasteiger partial charge in [-0.05, 0) is 133 Å². The minimum absolute atomic E-state index is 0.235. The molecule has 4 nitrogen and oxygen atoms in total. The first-order chi connectivity index (χ1) is 15.7. The number of rotatable bonds is 13. The van der Waals surface area contributed by atoms with Crippen molar-refractivity contribution in [3.8, 4) is 0 Å². The molecule has 0 aromatic carbocycles. The van der Waals surface area contributed by atoms with Gasteiger partial charge in [0.15, 0.2) is 0 Å². The predicted octanol–water partition coefficient (Wildman–Crippen LogP) is 6.59. The lowest BCUT2D eigenvalue weighted by molar-refractivity contribution is 0.0622. The van der Waals surface area contributed by atoms with E-state index in [0.717, 1.165) is 12.1 Å². The summed E-state index contributed by atoms with van der Waals surface area (Å²) in [6.45, 7) is 28.8. The van der Waals surface area contributed by atoms with Crippen LogP contribution in [0.25, 0.3) is 0 Å². The van der Waals surface area contributed by atoms with E-state index in [0.29, 0.717) is 0 Å². The Kier molecular flexibility index (Phi) is 11.0. The summed E-state index contributed by atoms with van der Waals surface area (Å²) < 4.78 is 0. The molecule has 0 unspecified atom stereocenters. The maximum Gasteiger partial charge on any atom is 0.0145 e. The van der Waals surface area contributed by atoms with E-state index in [1.165, 1.54) is 90.4 Å². The van der Waals surface area contributed by atoms with Crippen LogP contribution in [0.2, 0.25) is 0 Å². The van der Waals surface area contributed by atoms with Gasteiger partial charge in [-0.15, -0.1) is 0 Å². The van der Waals surface area contributed by atoms with E-state index in [-0.39, 0.29) is 22.2 Å². The van der Waals surface area contributed by atoms with Crippen molar-refractivity contribution in [1.82, 2.24) is 20.4 Å². The maximum atomic E-state index is 3.87. The van der Waals surface area contributed by atoms with Crippen molar-refractivity contribution in [3.63, 3.8) is 0 Å². The first-order valence-corrected chi connectivity index (χ1v) is 14.7. The van der Waals surface area contributed by atoms with E-state index in [1.54, 1.807) is 0 Å². The number of hydrogen-bond acceptors (Lipinski definition) is 4. The molecule has 0 bridgehead atoms. The van der Waals surface area contributed by atoms with Gasteiger partial charge in [-0.3, -0.25) is 0 Å². The Morgan fingerprint density at radius 3 is 1.06 bits per heavy atom. The maximum absolute atomic E-state index is 3.87. The van der Waals surface area contributed by atoms with Gasteiger partial charge in [0, 0.05) is 34.2 Å². The highest BCUT2D eigenvalue weighted by molar-refractivity contribution is 5.01. The number of hydrogen-bond donors (Lipinski definition) is 2. The fraction of sp³-hybridized carbons (Fsp3) is 1.00. The molecule has 2 rings (SSSR count). The fourth-order valence-corrected chi connectivity index (χ4v) is 7.56. The molecule has 202 valence electrons. The molecule has 0 aliphatic carbocycles. The third-order valence-electron chi connectivity index (χ3n) is 8.03. The molecule has 0 amide bonds. The molecule has 0 spiro atoms. The Hall–Kier alpha value is -0.160. The topological polar surface area (TPSA) is 30.5 Å². The van der Waals surface area contributed by atoms with E-state index in [1.807, 2.05) is 0 Å². The minimum atomic E-state index is 0.235. The molecule has 2 fully saturated rings. The average molecular weight is 479 g/mol. The quantitative estimate of drug-likeness (QED) is 0.292. The van der Waals surface area contributed by atoms with Gasteiger partial charge in [0.1, 0.15) is 0 Å². The van der Waals surface area contributed by atoms with Crippen molar-refractivity contribution in [1.29, 1.82) is 0 Å². The summed E-state index contributed by atoms with van der Waals surface area (Å²) in [6.07, 6.45) is 13.1. The second kappa shape index (κ2) is 12.4. The Labute approximate surface area is 214 Å². The van der Waals surface area contributed by atoms with E-state index >= 15 is 0 Å². The summed E-state index contributed by atoms with van der Waals surface area (Å²) in [5.74, 6) is 0. The Balaban J connectivity index is 1.79. The summed E-state index contributed by atoms with van der Waals surface area (Å²) in [5.41, 5.74) is 0.940. The summed E-state index contributed by atoms with van der Waals surface area (Å²) in [4.78, 5) is 5.65. The molecule has 2 heterocycles. The first-order valence-electron chi connectivity index (χ1n) is 14.7. The van der Waals surface area contributed by atoms with Crippen LogP contribution >= 0.6 is 0 Å². The molecule has 2 N–H and O–H groups in total. The van der Waals surface area contributed by atoms with E-state index in [4.69, 9.17) is 0 Å². The monoisotopic (exact) mass is 478 g/mol. The van der Waals surface area contributed by atoms with Crippen molar-refractivity contribution >= 4 is 0 Å². The average Bonchev–Trinajstić information content (AvgIpc) is 2.64. The van der Waals surface area contributed by atoms with Gasteiger partial charge in [-0.2, -0.15) is 0 Å². The zero-order chi connectivity index (χ0) is 25.6. The van der Waals surface area contributed by atoms with Gasteiger partial charge < -0.3 is 20.4 Å². The van der Waals surface area contributed by atoms with Crippen LogP contribution in [0.4, 0.5) is 0 Å². The zero-order valence-corrected chi connectivity index (χ0v) is 24.9. The third kappa shape index (κ3) is 10.1. The number of nitrogens with zero attached hydrogens (tertiary/aromatic N) is 2. The fourth-order valence-electron chi connectivity index (χ4n) is 7.56. The summed E-state index contributed by atoms with van der Waals surface area (Å²) in [7, 11) is 0. The van der Waals surface area contributed by atoms with Gasteiger partial charge in [-0.1, -0.05) is 26.7 Å². The molecule has 0 radical (unpaired) electrons. The molecular formula is C30H62N4. The van der Waals surface area contributed by atoms with Crippen molar-refractivity contribution in [2.75, 3.05) is 26.2 Å². The number of nitrogens with one attached hydrogen (secondary N) is 2. The molecule has 4 heteroatoms. The third-order valence-corrected chi connectivity index (χ3v) is 8.03. The lowest BCUT2D eigenvalue weighted by Crippen LogP contribution is -2.62. The molecule has 2 aliphatic rings. The Morgan fingerprint density at radius 2 is 0.794 bits per heavy atom. The Morgan fingerprint density at radius 1 is 0.500 bits per heavy atom. The van der Waals surface area contributed by atoms with E-state index < -0.39 is 0 Å². The molecule has 2 aliphatic heterocycles. The summed E-state index contributed by atoms with van der Waals surface area (Å²) in [6, 6.07) is 1.44. The van der Waals surface area contributed by atoms with Crippen molar-refractivity contribution in [2.45, 2.75) is 168 Å². The molecule has 0 atom stereocenters. The van der Waals surface area contributed by atoms with Crippen molar-refractivity contribution < 1.29 is 0 Å². The van der Waals surface area contributed by atoms with Crippen LogP contribution in [-0.2, 0) is 0 Å². The SMILES string of the molecule is CCCN(CCCCCCN(CCC)C1CC(C)(C)NC(C)(C)C1)C1CC(C)(C)NC(C)(C)C1. The number of unbranched alkanes of at least 4 members (excludes halogenated alkanes) is 3. The summed E-state index contributed by atoms with van der Waals surface area (Å²) in [5, 5.41) is 7.73. The lowest BCUT2D eigenvalue weighted by atomic mass is 9.79. The molecule has 0 saturated carbocycles. The van der Waals surface area contributed by atoms with Crippen LogP contribution < -0.4 is 10.6 Å². The molecule has 34 heavy (non-hydrogen) atoms. The normalized spacial score (nSPS) is 24.7. The first kappa shape index (κ1) is 30.1. The summed E-state index contributed by atoms with van der Waals surface area (Å²) >= 11 is 0. The lowest BCUT2D eigenvalue weighted by Gasteiger charge is -2.50. The highest BCUT2D eigenvalue weighted by Crippen LogP contribution is 2.33. The van der Waals surface area contributed by atoms with Gasteiger partial charge in [0.25, 0.3) is 0 Å². The molecule has 0 aromatic rings. The highest BCUT2D eigenvalue weighted by Gasteiger charge is 2.40. The van der Waals surface area contributed by atoms with E-state index in [2.05, 4.69) is 89.7 Å². The van der Waals surface area contributed by atoms with Gasteiger partial charge >= 0.3 is 0 Å². The van der Waals surface area contributed by atoms with Crippen LogP contribution in [0.15, 0.2) is 0 Å². The minimum Gasteiger partial charge on any atom is -0.307 e. The van der Waals surface area contributed by atoms with Gasteiger partial charge in [0.05, 0.1) is 0 Å². The van der Waals surface area contributed by atoms with Gasteiger partial charge in [0.2, 0.25) is 0 Å². The van der Waals surface area contributed by atoms with Crippen molar-refractivity contribution in [3.05, 3.63) is 0 Å². The van der Waals surface area contributed by atoms with Crippen LogP contribution in [0.3, 0.4) is 0 Å². The Bertz CT molecular complexity index is 511. The number of piperidine rings is 2. The van der Waals surface area contributed by atoms with E-state index in [9.17, 15) is 0 Å². The second-order valence-corrected chi connectivity index (χ2v) is 14.4. The standard InChI is InChI=1S/C30H62N4/c1-11-17-33(25-21-27(3,4)31-28(5,6)22-25)19-15-13-14-16-20-34(18-12-2)26-23-29(7,8)32-30(9,10)24-26/h25-26,31-32H,11-24H2,1-10H3. The van der Waals surface area contributed by atoms with Crippen LogP contribution in [0, 0.1) is 0 Å². The van der Waals surface area contributed by atoms with Crippen LogP contribution in [0.5, 0.6) is 0 Å². The second-order valence-electron chi connectivity index (χ2n) is 14.4. The highest BCUT2D eigenvalue weighted by atomic mass is 15.2. The van der Waals surface area contributed by atoms with Crippen LogP contribution in [0.1, 0.15) is 133 Å².